The lowest BCUT2D eigenvalue weighted by molar-refractivity contribution is -0.123. The SMILES string of the molecule is CC(C)[C@H](NS(=O)(=O)c1ccccc1F)C(=O)NCc1cccc(OCCN2CCOCC2)c1. The Balaban J connectivity index is 1.55. The molecule has 0 radical (unpaired) electrons. The molecule has 0 aliphatic carbocycles. The zero-order valence-electron chi connectivity index (χ0n) is 19.5. The van der Waals surface area contributed by atoms with Crippen molar-refractivity contribution >= 4 is 15.9 Å². The van der Waals surface area contributed by atoms with Crippen molar-refractivity contribution in [2.24, 2.45) is 5.92 Å². The topological polar surface area (TPSA) is 97.0 Å². The highest BCUT2D eigenvalue weighted by atomic mass is 32.2. The van der Waals surface area contributed by atoms with E-state index in [2.05, 4.69) is 14.9 Å². The molecule has 1 fully saturated rings. The van der Waals surface area contributed by atoms with Crippen molar-refractivity contribution in [3.05, 3.63) is 59.9 Å². The maximum absolute atomic E-state index is 14.0. The molecule has 186 valence electrons. The summed E-state index contributed by atoms with van der Waals surface area (Å²) in [4.78, 5) is 14.6. The second kappa shape index (κ2) is 12.3. The zero-order chi connectivity index (χ0) is 24.6. The minimum atomic E-state index is -4.21. The first-order valence-electron chi connectivity index (χ1n) is 11.3. The molecule has 1 aliphatic rings. The third kappa shape index (κ3) is 7.49. The summed E-state index contributed by atoms with van der Waals surface area (Å²) >= 11 is 0. The second-order valence-corrected chi connectivity index (χ2v) is 10.1. The number of carbonyl (C=O) groups excluding carboxylic acids is 1. The minimum absolute atomic E-state index is 0.199. The van der Waals surface area contributed by atoms with Crippen molar-refractivity contribution < 1.29 is 27.1 Å². The van der Waals surface area contributed by atoms with Gasteiger partial charge in [-0.15, -0.1) is 0 Å². The van der Waals surface area contributed by atoms with Gasteiger partial charge < -0.3 is 14.8 Å². The van der Waals surface area contributed by atoms with E-state index in [1.54, 1.807) is 13.8 Å². The van der Waals surface area contributed by atoms with Crippen molar-refractivity contribution in [1.82, 2.24) is 14.9 Å². The van der Waals surface area contributed by atoms with Crippen LogP contribution in [0.1, 0.15) is 19.4 Å². The molecule has 1 amide bonds. The fourth-order valence-electron chi connectivity index (χ4n) is 3.55. The lowest BCUT2D eigenvalue weighted by Crippen LogP contribution is -2.49. The van der Waals surface area contributed by atoms with Gasteiger partial charge in [-0.25, -0.2) is 12.8 Å². The number of rotatable bonds is 11. The third-order valence-electron chi connectivity index (χ3n) is 5.50. The quantitative estimate of drug-likeness (QED) is 0.498. The number of amides is 1. The fraction of sp³-hybridized carbons (Fsp3) is 0.458. The number of nitrogens with zero attached hydrogens (tertiary/aromatic N) is 1. The molecule has 0 spiro atoms. The van der Waals surface area contributed by atoms with Crippen LogP contribution >= 0.6 is 0 Å². The van der Waals surface area contributed by atoms with Crippen molar-refractivity contribution in [2.45, 2.75) is 31.3 Å². The Morgan fingerprint density at radius 1 is 1.15 bits per heavy atom. The number of hydrogen-bond donors (Lipinski definition) is 2. The molecule has 1 aliphatic heterocycles. The van der Waals surface area contributed by atoms with Crippen molar-refractivity contribution in [3.63, 3.8) is 0 Å². The van der Waals surface area contributed by atoms with Gasteiger partial charge in [-0.1, -0.05) is 38.1 Å². The van der Waals surface area contributed by atoms with Crippen LogP contribution in [0.3, 0.4) is 0 Å². The Kier molecular flexibility index (Phi) is 9.40. The molecule has 2 aromatic rings. The standard InChI is InChI=1S/C24H32FN3O5S/c1-18(2)23(27-34(30,31)22-9-4-3-8-21(22)25)24(29)26-17-19-6-5-7-20(16-19)33-15-12-28-10-13-32-14-11-28/h3-9,16,18,23,27H,10-15,17H2,1-2H3,(H,26,29)/t23-/m0/s1. The molecule has 1 saturated heterocycles. The first-order valence-corrected chi connectivity index (χ1v) is 12.8. The van der Waals surface area contributed by atoms with E-state index in [-0.39, 0.29) is 12.5 Å². The summed E-state index contributed by atoms with van der Waals surface area (Å²) in [6, 6.07) is 11.4. The van der Waals surface area contributed by atoms with Gasteiger partial charge in [0.15, 0.2) is 0 Å². The van der Waals surface area contributed by atoms with Gasteiger partial charge in [0.1, 0.15) is 29.1 Å². The Morgan fingerprint density at radius 2 is 1.88 bits per heavy atom. The highest BCUT2D eigenvalue weighted by Crippen LogP contribution is 2.16. The lowest BCUT2D eigenvalue weighted by Gasteiger charge is -2.26. The largest absolute Gasteiger partial charge is 0.492 e. The van der Waals surface area contributed by atoms with Gasteiger partial charge in [0.25, 0.3) is 0 Å². The van der Waals surface area contributed by atoms with E-state index in [0.717, 1.165) is 50.5 Å². The predicted octanol–water partition coefficient (Wildman–Crippen LogP) is 2.16. The fourth-order valence-corrected chi connectivity index (χ4v) is 4.97. The number of morpholine rings is 1. The van der Waals surface area contributed by atoms with Gasteiger partial charge in [-0.05, 0) is 35.7 Å². The van der Waals surface area contributed by atoms with Crippen molar-refractivity contribution in [3.8, 4) is 5.75 Å². The smallest absolute Gasteiger partial charge is 0.244 e. The number of sulfonamides is 1. The summed E-state index contributed by atoms with van der Waals surface area (Å²) < 4.78 is 52.8. The number of halogens is 1. The highest BCUT2D eigenvalue weighted by molar-refractivity contribution is 7.89. The van der Waals surface area contributed by atoms with Crippen LogP contribution in [0.15, 0.2) is 53.4 Å². The average Bonchev–Trinajstić information content (AvgIpc) is 2.82. The summed E-state index contributed by atoms with van der Waals surface area (Å²) in [5, 5.41) is 2.77. The molecule has 1 heterocycles. The Morgan fingerprint density at radius 3 is 2.59 bits per heavy atom. The van der Waals surface area contributed by atoms with Crippen LogP contribution in [0.25, 0.3) is 0 Å². The summed E-state index contributed by atoms with van der Waals surface area (Å²) in [5.74, 6) is -1.02. The van der Waals surface area contributed by atoms with E-state index >= 15 is 0 Å². The number of ether oxygens (including phenoxy) is 2. The Hall–Kier alpha value is -2.53. The van der Waals surface area contributed by atoms with E-state index in [1.807, 2.05) is 24.3 Å². The number of carbonyl (C=O) groups is 1. The molecule has 2 aromatic carbocycles. The van der Waals surface area contributed by atoms with Crippen LogP contribution in [0.4, 0.5) is 4.39 Å². The third-order valence-corrected chi connectivity index (χ3v) is 6.98. The highest BCUT2D eigenvalue weighted by Gasteiger charge is 2.29. The normalized spacial score (nSPS) is 15.8. The molecule has 34 heavy (non-hydrogen) atoms. The molecule has 0 aromatic heterocycles. The molecule has 3 rings (SSSR count). The monoisotopic (exact) mass is 493 g/mol. The Bertz CT molecular complexity index is 1060. The van der Waals surface area contributed by atoms with E-state index in [1.165, 1.54) is 12.1 Å². The maximum atomic E-state index is 14.0. The average molecular weight is 494 g/mol. The maximum Gasteiger partial charge on any atom is 0.244 e. The van der Waals surface area contributed by atoms with Gasteiger partial charge in [-0.3, -0.25) is 9.69 Å². The van der Waals surface area contributed by atoms with Gasteiger partial charge in [-0.2, -0.15) is 4.72 Å². The molecule has 2 N–H and O–H groups in total. The van der Waals surface area contributed by atoms with E-state index in [9.17, 15) is 17.6 Å². The number of nitrogens with one attached hydrogen (secondary N) is 2. The summed E-state index contributed by atoms with van der Waals surface area (Å²) in [6.45, 7) is 8.26. The zero-order valence-corrected chi connectivity index (χ0v) is 20.3. The van der Waals surface area contributed by atoms with Crippen LogP contribution in [-0.2, 0) is 26.1 Å². The molecule has 10 heteroatoms. The molecule has 1 atom stereocenters. The molecule has 0 saturated carbocycles. The van der Waals surface area contributed by atoms with Gasteiger partial charge in [0, 0.05) is 26.2 Å². The predicted molar refractivity (Wildman–Crippen MR) is 126 cm³/mol. The lowest BCUT2D eigenvalue weighted by atomic mass is 10.0. The van der Waals surface area contributed by atoms with Gasteiger partial charge >= 0.3 is 0 Å². The summed E-state index contributed by atoms with van der Waals surface area (Å²) in [6.07, 6.45) is 0. The van der Waals surface area contributed by atoms with Gasteiger partial charge in [0.05, 0.1) is 13.2 Å². The van der Waals surface area contributed by atoms with E-state index in [4.69, 9.17) is 9.47 Å². The van der Waals surface area contributed by atoms with E-state index < -0.39 is 32.7 Å². The van der Waals surface area contributed by atoms with Crippen LogP contribution < -0.4 is 14.8 Å². The molecular weight excluding hydrogens is 461 g/mol. The minimum Gasteiger partial charge on any atom is -0.492 e. The van der Waals surface area contributed by atoms with Crippen LogP contribution in [-0.4, -0.2) is 64.7 Å². The number of benzene rings is 2. The van der Waals surface area contributed by atoms with Crippen LogP contribution in [0, 0.1) is 11.7 Å². The summed E-state index contributed by atoms with van der Waals surface area (Å²) in [5.41, 5.74) is 0.816. The van der Waals surface area contributed by atoms with Crippen molar-refractivity contribution in [2.75, 3.05) is 39.5 Å². The molecular formula is C24H32FN3O5S. The van der Waals surface area contributed by atoms with E-state index in [0.29, 0.717) is 12.4 Å². The number of hydrogen-bond acceptors (Lipinski definition) is 6. The molecule has 0 unspecified atom stereocenters. The molecule has 8 nitrogen and oxygen atoms in total. The van der Waals surface area contributed by atoms with Crippen LogP contribution in [0.5, 0.6) is 5.75 Å². The van der Waals surface area contributed by atoms with Crippen LogP contribution in [0.2, 0.25) is 0 Å². The second-order valence-electron chi connectivity index (χ2n) is 8.44. The first kappa shape index (κ1) is 26.1. The van der Waals surface area contributed by atoms with Gasteiger partial charge in [0.2, 0.25) is 15.9 Å². The van der Waals surface area contributed by atoms with Crippen molar-refractivity contribution in [1.29, 1.82) is 0 Å². The summed E-state index contributed by atoms with van der Waals surface area (Å²) in [7, 11) is -4.21. The first-order chi connectivity index (χ1) is 16.3. The Labute approximate surface area is 200 Å². The molecule has 0 bridgehead atoms.